The molecular formula is C12H12N4O3. The highest BCUT2D eigenvalue weighted by Gasteiger charge is 2.18. The van der Waals surface area contributed by atoms with Gasteiger partial charge in [-0.3, -0.25) is 19.6 Å². The van der Waals surface area contributed by atoms with Gasteiger partial charge in [-0.15, -0.1) is 0 Å². The topological polar surface area (TPSA) is 104 Å². The third-order valence-electron chi connectivity index (χ3n) is 2.93. The van der Waals surface area contributed by atoms with Gasteiger partial charge in [-0.25, -0.2) is 0 Å². The van der Waals surface area contributed by atoms with Gasteiger partial charge < -0.3 is 5.73 Å². The molecule has 0 unspecified atom stereocenters. The number of anilines is 1. The summed E-state index contributed by atoms with van der Waals surface area (Å²) in [4.78, 5) is 21.5. The first-order valence-corrected chi connectivity index (χ1v) is 5.48. The zero-order valence-electron chi connectivity index (χ0n) is 10.5. The van der Waals surface area contributed by atoms with Gasteiger partial charge in [0.15, 0.2) is 6.29 Å². The van der Waals surface area contributed by atoms with E-state index in [0.717, 1.165) is 0 Å². The van der Waals surface area contributed by atoms with E-state index in [1.165, 1.54) is 10.7 Å². The molecule has 98 valence electrons. The van der Waals surface area contributed by atoms with Gasteiger partial charge in [0.25, 0.3) is 5.69 Å². The summed E-state index contributed by atoms with van der Waals surface area (Å²) >= 11 is 0. The zero-order valence-corrected chi connectivity index (χ0v) is 10.5. The third kappa shape index (κ3) is 2.05. The van der Waals surface area contributed by atoms with Crippen molar-refractivity contribution in [3.8, 4) is 11.3 Å². The van der Waals surface area contributed by atoms with E-state index in [0.29, 0.717) is 23.1 Å². The van der Waals surface area contributed by atoms with E-state index >= 15 is 0 Å². The minimum atomic E-state index is -0.467. The molecule has 0 saturated carbocycles. The van der Waals surface area contributed by atoms with Crippen LogP contribution >= 0.6 is 0 Å². The summed E-state index contributed by atoms with van der Waals surface area (Å²) in [6, 6.07) is 4.69. The number of aldehydes is 1. The Hall–Kier alpha value is -2.70. The van der Waals surface area contributed by atoms with Crippen LogP contribution in [-0.4, -0.2) is 21.0 Å². The van der Waals surface area contributed by atoms with Crippen molar-refractivity contribution < 1.29 is 9.72 Å². The van der Waals surface area contributed by atoms with Crippen LogP contribution in [0.25, 0.3) is 11.3 Å². The number of nitro groups is 1. The first-order chi connectivity index (χ1) is 8.95. The van der Waals surface area contributed by atoms with E-state index in [9.17, 15) is 14.9 Å². The van der Waals surface area contributed by atoms with Crippen LogP contribution < -0.4 is 5.73 Å². The second-order valence-electron chi connectivity index (χ2n) is 4.15. The van der Waals surface area contributed by atoms with E-state index in [1.54, 1.807) is 26.1 Å². The standard InChI is InChI=1S/C12H12N4O3/c1-7-3-4-8(5-10(7)16(18)19)11-9(6-17)12(13)15(2)14-11/h3-6H,13H2,1-2H3. The number of carbonyl (C=O) groups is 1. The Kier molecular flexibility index (Phi) is 3.04. The highest BCUT2D eigenvalue weighted by molar-refractivity contribution is 5.91. The maximum atomic E-state index is 11.1. The van der Waals surface area contributed by atoms with Crippen molar-refractivity contribution in [3.63, 3.8) is 0 Å². The predicted molar refractivity (Wildman–Crippen MR) is 69.8 cm³/mol. The number of aryl methyl sites for hydroxylation is 2. The highest BCUT2D eigenvalue weighted by Crippen LogP contribution is 2.29. The molecule has 19 heavy (non-hydrogen) atoms. The van der Waals surface area contributed by atoms with Crippen LogP contribution in [0.3, 0.4) is 0 Å². The maximum absolute atomic E-state index is 11.1. The number of nitrogen functional groups attached to an aromatic ring is 1. The lowest BCUT2D eigenvalue weighted by Crippen LogP contribution is -1.98. The van der Waals surface area contributed by atoms with E-state index < -0.39 is 4.92 Å². The fourth-order valence-corrected chi connectivity index (χ4v) is 1.84. The summed E-state index contributed by atoms with van der Waals surface area (Å²) in [5.74, 6) is 0.230. The van der Waals surface area contributed by atoms with Crippen LogP contribution in [0.15, 0.2) is 18.2 Å². The summed E-state index contributed by atoms with van der Waals surface area (Å²) in [5, 5.41) is 15.0. The molecule has 0 amide bonds. The molecule has 0 aliphatic heterocycles. The smallest absolute Gasteiger partial charge is 0.272 e. The molecule has 0 fully saturated rings. The van der Waals surface area contributed by atoms with Crippen LogP contribution in [-0.2, 0) is 7.05 Å². The molecule has 1 aromatic heterocycles. The van der Waals surface area contributed by atoms with Crippen LogP contribution in [0.4, 0.5) is 11.5 Å². The number of hydrogen-bond acceptors (Lipinski definition) is 5. The molecule has 0 radical (unpaired) electrons. The Morgan fingerprint density at radius 3 is 2.74 bits per heavy atom. The van der Waals surface area contributed by atoms with Gasteiger partial charge in [0.2, 0.25) is 0 Å². The number of aromatic nitrogens is 2. The lowest BCUT2D eigenvalue weighted by Gasteiger charge is -2.01. The predicted octanol–water partition coefficient (Wildman–Crippen LogP) is 1.70. The number of benzene rings is 1. The average molecular weight is 260 g/mol. The fourth-order valence-electron chi connectivity index (χ4n) is 1.84. The van der Waals surface area contributed by atoms with Gasteiger partial charge in [0.1, 0.15) is 11.5 Å². The maximum Gasteiger partial charge on any atom is 0.272 e. The van der Waals surface area contributed by atoms with Crippen molar-refractivity contribution in [3.05, 3.63) is 39.4 Å². The molecule has 0 saturated heterocycles. The Balaban J connectivity index is 2.66. The molecule has 0 aliphatic rings. The molecule has 2 rings (SSSR count). The molecule has 0 atom stereocenters. The van der Waals surface area contributed by atoms with Crippen molar-refractivity contribution in [2.75, 3.05) is 5.73 Å². The Labute approximate surface area is 108 Å². The van der Waals surface area contributed by atoms with E-state index in [1.807, 2.05) is 0 Å². The molecule has 7 heteroatoms. The number of hydrogen-bond donors (Lipinski definition) is 1. The van der Waals surface area contributed by atoms with Crippen molar-refractivity contribution in [2.45, 2.75) is 6.92 Å². The number of nitrogens with zero attached hydrogens (tertiary/aromatic N) is 3. The normalized spacial score (nSPS) is 10.4. The van der Waals surface area contributed by atoms with E-state index in [-0.39, 0.29) is 17.1 Å². The van der Waals surface area contributed by atoms with Crippen molar-refractivity contribution in [2.24, 2.45) is 7.05 Å². The molecule has 0 spiro atoms. The molecule has 0 bridgehead atoms. The van der Waals surface area contributed by atoms with Gasteiger partial charge in [0.05, 0.1) is 10.5 Å². The summed E-state index contributed by atoms with van der Waals surface area (Å²) < 4.78 is 1.37. The number of nitrogens with two attached hydrogens (primary N) is 1. The van der Waals surface area contributed by atoms with E-state index in [2.05, 4.69) is 5.10 Å². The lowest BCUT2D eigenvalue weighted by molar-refractivity contribution is -0.385. The second kappa shape index (κ2) is 4.52. The van der Waals surface area contributed by atoms with E-state index in [4.69, 9.17) is 5.73 Å². The van der Waals surface area contributed by atoms with Gasteiger partial charge in [0, 0.05) is 24.2 Å². The Morgan fingerprint density at radius 1 is 1.47 bits per heavy atom. The van der Waals surface area contributed by atoms with Crippen LogP contribution in [0, 0.1) is 17.0 Å². The molecule has 1 heterocycles. The first kappa shape index (κ1) is 12.7. The monoisotopic (exact) mass is 260 g/mol. The van der Waals surface area contributed by atoms with Gasteiger partial charge in [-0.2, -0.15) is 5.10 Å². The molecule has 1 aromatic carbocycles. The quantitative estimate of drug-likeness (QED) is 0.513. The second-order valence-corrected chi connectivity index (χ2v) is 4.15. The minimum absolute atomic E-state index is 0.0152. The van der Waals surface area contributed by atoms with Crippen LogP contribution in [0.1, 0.15) is 15.9 Å². The molecule has 0 aliphatic carbocycles. The zero-order chi connectivity index (χ0) is 14.2. The molecule has 2 N–H and O–H groups in total. The van der Waals surface area contributed by atoms with Crippen LogP contribution in [0.2, 0.25) is 0 Å². The minimum Gasteiger partial charge on any atom is -0.383 e. The van der Waals surface area contributed by atoms with Crippen molar-refractivity contribution >= 4 is 17.8 Å². The number of carbonyl (C=O) groups excluding carboxylic acids is 1. The summed E-state index contributed by atoms with van der Waals surface area (Å²) in [7, 11) is 1.61. The molecule has 7 nitrogen and oxygen atoms in total. The number of nitro benzene ring substituents is 1. The van der Waals surface area contributed by atoms with Crippen molar-refractivity contribution in [1.82, 2.24) is 9.78 Å². The van der Waals surface area contributed by atoms with Gasteiger partial charge >= 0.3 is 0 Å². The average Bonchev–Trinajstić information content (AvgIpc) is 2.65. The molecular weight excluding hydrogens is 248 g/mol. The summed E-state index contributed by atoms with van der Waals surface area (Å²) in [6.07, 6.45) is 0.601. The SMILES string of the molecule is Cc1ccc(-c2nn(C)c(N)c2C=O)cc1[N+](=O)[O-]. The third-order valence-corrected chi connectivity index (χ3v) is 2.93. The Bertz CT molecular complexity index is 676. The fraction of sp³-hybridized carbons (Fsp3) is 0.167. The molecule has 2 aromatic rings. The summed E-state index contributed by atoms with van der Waals surface area (Å²) in [6.45, 7) is 1.65. The largest absolute Gasteiger partial charge is 0.383 e. The highest BCUT2D eigenvalue weighted by atomic mass is 16.6. The first-order valence-electron chi connectivity index (χ1n) is 5.48. The van der Waals surface area contributed by atoms with Crippen molar-refractivity contribution in [1.29, 1.82) is 0 Å². The number of rotatable bonds is 3. The Morgan fingerprint density at radius 2 is 2.16 bits per heavy atom. The van der Waals surface area contributed by atoms with Gasteiger partial charge in [-0.05, 0) is 6.92 Å². The van der Waals surface area contributed by atoms with Gasteiger partial charge in [-0.1, -0.05) is 12.1 Å². The lowest BCUT2D eigenvalue weighted by atomic mass is 10.0. The summed E-state index contributed by atoms with van der Waals surface area (Å²) in [5.41, 5.74) is 7.32. The van der Waals surface area contributed by atoms with Crippen LogP contribution in [0.5, 0.6) is 0 Å².